The van der Waals surface area contributed by atoms with Crippen LogP contribution in [0.3, 0.4) is 0 Å². The van der Waals surface area contributed by atoms with E-state index in [0.717, 1.165) is 0 Å². The largest absolute Gasteiger partial charge is 0.481 e. The minimum atomic E-state index is -2.71. The van der Waals surface area contributed by atoms with Gasteiger partial charge in [-0.15, -0.1) is 0 Å². The number of rotatable bonds is 4. The number of halogens is 2. The van der Waals surface area contributed by atoms with Crippen LogP contribution in [-0.2, 0) is 9.53 Å². The van der Waals surface area contributed by atoms with Gasteiger partial charge in [0.1, 0.15) is 0 Å². The van der Waals surface area contributed by atoms with Gasteiger partial charge in [-0.2, -0.15) is 0 Å². The number of ether oxygens (including phenoxy) is 1. The van der Waals surface area contributed by atoms with Gasteiger partial charge in [0.25, 0.3) is 0 Å². The number of aliphatic carboxylic acids is 1. The zero-order valence-corrected chi connectivity index (χ0v) is 9.63. The molecule has 1 aliphatic rings. The summed E-state index contributed by atoms with van der Waals surface area (Å²) in [4.78, 5) is 11.2. The first-order chi connectivity index (χ1) is 7.27. The highest BCUT2D eigenvalue weighted by molar-refractivity contribution is 5.75. The Labute approximate surface area is 93.8 Å². The van der Waals surface area contributed by atoms with Crippen molar-refractivity contribution in [2.45, 2.75) is 51.6 Å². The maximum Gasteiger partial charge on any atom is 0.311 e. The maximum atomic E-state index is 13.0. The summed E-state index contributed by atoms with van der Waals surface area (Å²) in [5, 5.41) is 9.15. The Kier molecular flexibility index (Phi) is 3.88. The topological polar surface area (TPSA) is 46.5 Å². The van der Waals surface area contributed by atoms with E-state index in [1.807, 2.05) is 0 Å². The van der Waals surface area contributed by atoms with Crippen molar-refractivity contribution < 1.29 is 23.4 Å². The van der Waals surface area contributed by atoms with Gasteiger partial charge in [0, 0.05) is 12.8 Å². The molecule has 0 unspecified atom stereocenters. The Morgan fingerprint density at radius 3 is 2.19 bits per heavy atom. The number of hydrogen-bond acceptors (Lipinski definition) is 2. The van der Waals surface area contributed by atoms with Crippen LogP contribution in [0.2, 0.25) is 0 Å². The minimum Gasteiger partial charge on any atom is -0.481 e. The highest BCUT2D eigenvalue weighted by atomic mass is 19.3. The molecule has 1 fully saturated rings. The third-order valence-electron chi connectivity index (χ3n) is 3.09. The van der Waals surface area contributed by atoms with Gasteiger partial charge in [-0.05, 0) is 26.7 Å². The molecule has 0 radical (unpaired) electrons. The molecule has 1 N–H and O–H groups in total. The predicted octanol–water partition coefficient (Wildman–Crippen LogP) is 2.69. The molecule has 0 amide bonds. The normalized spacial score (nSPS) is 23.3. The third-order valence-corrected chi connectivity index (χ3v) is 3.09. The molecule has 0 spiro atoms. The molecule has 0 aromatic rings. The molecule has 0 aliphatic heterocycles. The second-order valence-electron chi connectivity index (χ2n) is 4.80. The van der Waals surface area contributed by atoms with E-state index in [4.69, 9.17) is 9.84 Å². The first-order valence-corrected chi connectivity index (χ1v) is 5.50. The molecule has 0 saturated heterocycles. The first kappa shape index (κ1) is 13.4. The molecular formula is C11H18F2O3. The van der Waals surface area contributed by atoms with Crippen LogP contribution in [0.25, 0.3) is 0 Å². The van der Waals surface area contributed by atoms with E-state index in [1.165, 1.54) is 0 Å². The van der Waals surface area contributed by atoms with Gasteiger partial charge in [0.2, 0.25) is 5.92 Å². The summed E-state index contributed by atoms with van der Waals surface area (Å²) in [7, 11) is 0. The van der Waals surface area contributed by atoms with Crippen molar-refractivity contribution in [3.63, 3.8) is 0 Å². The molecule has 0 bridgehead atoms. The Hall–Kier alpha value is -0.710. The monoisotopic (exact) mass is 236 g/mol. The quantitative estimate of drug-likeness (QED) is 0.816. The van der Waals surface area contributed by atoms with Gasteiger partial charge in [-0.3, -0.25) is 4.79 Å². The molecule has 1 rings (SSSR count). The summed E-state index contributed by atoms with van der Waals surface area (Å²) in [5.74, 6) is -3.74. The summed E-state index contributed by atoms with van der Waals surface area (Å²) in [6.45, 7) is 3.62. The summed E-state index contributed by atoms with van der Waals surface area (Å²) in [6, 6.07) is 0. The number of carboxylic acids is 1. The van der Waals surface area contributed by atoms with Gasteiger partial charge in [-0.25, -0.2) is 8.78 Å². The number of hydrogen-bond donors (Lipinski definition) is 1. The fourth-order valence-corrected chi connectivity index (χ4v) is 1.84. The predicted molar refractivity (Wildman–Crippen MR) is 54.6 cm³/mol. The van der Waals surface area contributed by atoms with Crippen LogP contribution in [0.1, 0.15) is 39.5 Å². The molecule has 0 aromatic carbocycles. The Bertz CT molecular complexity index is 248. The van der Waals surface area contributed by atoms with Gasteiger partial charge in [0.15, 0.2) is 0 Å². The van der Waals surface area contributed by atoms with Crippen molar-refractivity contribution in [3.05, 3.63) is 0 Å². The summed E-state index contributed by atoms with van der Waals surface area (Å²) in [5.41, 5.74) is -1.12. The fraction of sp³-hybridized carbons (Fsp3) is 0.909. The smallest absolute Gasteiger partial charge is 0.311 e. The van der Waals surface area contributed by atoms with E-state index in [9.17, 15) is 13.6 Å². The lowest BCUT2D eigenvalue weighted by Gasteiger charge is -2.36. The highest BCUT2D eigenvalue weighted by Gasteiger charge is 2.48. The van der Waals surface area contributed by atoms with Crippen LogP contribution in [-0.4, -0.2) is 29.7 Å². The zero-order valence-electron chi connectivity index (χ0n) is 9.63. The van der Waals surface area contributed by atoms with Crippen molar-refractivity contribution in [2.75, 3.05) is 6.61 Å². The van der Waals surface area contributed by atoms with E-state index < -0.39 is 17.3 Å². The average Bonchev–Trinajstić information content (AvgIpc) is 2.16. The Morgan fingerprint density at radius 1 is 1.31 bits per heavy atom. The van der Waals surface area contributed by atoms with Crippen molar-refractivity contribution in [3.8, 4) is 0 Å². The molecule has 3 nitrogen and oxygen atoms in total. The van der Waals surface area contributed by atoms with Crippen LogP contribution >= 0.6 is 0 Å². The van der Waals surface area contributed by atoms with E-state index >= 15 is 0 Å². The third kappa shape index (κ3) is 3.14. The number of carbonyl (C=O) groups is 1. The van der Waals surface area contributed by atoms with Crippen LogP contribution in [0, 0.1) is 5.41 Å². The lowest BCUT2D eigenvalue weighted by atomic mass is 9.73. The van der Waals surface area contributed by atoms with Crippen LogP contribution in [0.5, 0.6) is 0 Å². The standard InChI is InChI=1S/C11H18F2O3/c1-8(2)16-7-10(9(14)15)3-5-11(12,13)6-4-10/h8H,3-7H2,1-2H3,(H,14,15). The van der Waals surface area contributed by atoms with Crippen LogP contribution in [0.15, 0.2) is 0 Å². The van der Waals surface area contributed by atoms with Gasteiger partial charge < -0.3 is 9.84 Å². The SMILES string of the molecule is CC(C)OCC1(C(=O)O)CCC(F)(F)CC1. The first-order valence-electron chi connectivity index (χ1n) is 5.50. The molecule has 94 valence electrons. The molecule has 0 aromatic heterocycles. The molecule has 5 heteroatoms. The van der Waals surface area contributed by atoms with Gasteiger partial charge >= 0.3 is 5.97 Å². The van der Waals surface area contributed by atoms with Crippen molar-refractivity contribution >= 4 is 5.97 Å². The van der Waals surface area contributed by atoms with Gasteiger partial charge in [-0.1, -0.05) is 0 Å². The van der Waals surface area contributed by atoms with Crippen molar-refractivity contribution in [2.24, 2.45) is 5.41 Å². The maximum absolute atomic E-state index is 13.0. The lowest BCUT2D eigenvalue weighted by Crippen LogP contribution is -2.43. The summed E-state index contributed by atoms with van der Waals surface area (Å²) in [6.07, 6.45) is -0.829. The molecular weight excluding hydrogens is 218 g/mol. The molecule has 1 saturated carbocycles. The number of carboxylic acid groups (broad SMARTS) is 1. The fourth-order valence-electron chi connectivity index (χ4n) is 1.84. The molecule has 1 aliphatic carbocycles. The summed E-state index contributed by atoms with van der Waals surface area (Å²) < 4.78 is 31.2. The molecule has 16 heavy (non-hydrogen) atoms. The van der Waals surface area contributed by atoms with Crippen molar-refractivity contribution in [1.82, 2.24) is 0 Å². The Balaban J connectivity index is 2.65. The average molecular weight is 236 g/mol. The number of alkyl halides is 2. The van der Waals surface area contributed by atoms with E-state index in [-0.39, 0.29) is 38.4 Å². The second kappa shape index (κ2) is 4.65. The summed E-state index contributed by atoms with van der Waals surface area (Å²) >= 11 is 0. The second-order valence-corrected chi connectivity index (χ2v) is 4.80. The minimum absolute atomic E-state index is 0.0119. The van der Waals surface area contributed by atoms with E-state index in [1.54, 1.807) is 13.8 Å². The van der Waals surface area contributed by atoms with Gasteiger partial charge in [0.05, 0.1) is 18.1 Å². The van der Waals surface area contributed by atoms with Crippen LogP contribution in [0.4, 0.5) is 8.78 Å². The van der Waals surface area contributed by atoms with E-state index in [2.05, 4.69) is 0 Å². The Morgan fingerprint density at radius 2 is 1.81 bits per heavy atom. The highest BCUT2D eigenvalue weighted by Crippen LogP contribution is 2.44. The van der Waals surface area contributed by atoms with Crippen molar-refractivity contribution in [1.29, 1.82) is 0 Å². The lowest BCUT2D eigenvalue weighted by molar-refractivity contribution is -0.164. The molecule has 0 atom stereocenters. The van der Waals surface area contributed by atoms with Crippen LogP contribution < -0.4 is 0 Å². The van der Waals surface area contributed by atoms with E-state index in [0.29, 0.717) is 0 Å². The zero-order chi connectivity index (χ0) is 12.4. The molecule has 0 heterocycles.